The smallest absolute Gasteiger partial charge is 0.324 e. The minimum Gasteiger partial charge on any atom is -0.490 e. The van der Waals surface area contributed by atoms with Crippen molar-refractivity contribution < 1.29 is 14.3 Å². The number of likely N-dealkylation sites (tertiary alicyclic amines) is 1. The molecule has 3 aliphatic rings. The first kappa shape index (κ1) is 17.2. The van der Waals surface area contributed by atoms with Crippen molar-refractivity contribution in [3.05, 3.63) is 24.3 Å². The third kappa shape index (κ3) is 3.50. The Balaban J connectivity index is 1.41. The van der Waals surface area contributed by atoms with Gasteiger partial charge in [0.2, 0.25) is 5.91 Å². The van der Waals surface area contributed by atoms with E-state index in [-0.39, 0.29) is 17.9 Å². The lowest BCUT2D eigenvalue weighted by Crippen LogP contribution is -2.52. The first-order valence-electron chi connectivity index (χ1n) is 9.81. The zero-order valence-corrected chi connectivity index (χ0v) is 15.2. The Hall–Kier alpha value is -2.24. The Morgan fingerprint density at radius 2 is 1.85 bits per heavy atom. The van der Waals surface area contributed by atoms with E-state index in [1.54, 1.807) is 4.90 Å². The van der Waals surface area contributed by atoms with Gasteiger partial charge < -0.3 is 15.0 Å². The number of carbonyl (C=O) groups is 2. The van der Waals surface area contributed by atoms with Crippen LogP contribution in [0.2, 0.25) is 0 Å². The lowest BCUT2D eigenvalue weighted by Gasteiger charge is -2.38. The molecule has 1 saturated heterocycles. The summed E-state index contributed by atoms with van der Waals surface area (Å²) in [5.41, 5.74) is 0.821. The van der Waals surface area contributed by atoms with Gasteiger partial charge in [-0.25, -0.2) is 4.79 Å². The van der Waals surface area contributed by atoms with Crippen molar-refractivity contribution in [2.45, 2.75) is 44.6 Å². The average molecular weight is 357 g/mol. The van der Waals surface area contributed by atoms with E-state index >= 15 is 0 Å². The molecule has 0 spiro atoms. The van der Waals surface area contributed by atoms with Crippen LogP contribution in [0, 0.1) is 5.92 Å². The maximum atomic E-state index is 13.1. The van der Waals surface area contributed by atoms with E-state index in [1.807, 2.05) is 29.2 Å². The number of amides is 3. The number of hydrogen-bond acceptors (Lipinski definition) is 3. The van der Waals surface area contributed by atoms with Gasteiger partial charge in [-0.15, -0.1) is 0 Å². The lowest BCUT2D eigenvalue weighted by molar-refractivity contribution is -0.127. The molecule has 6 nitrogen and oxygen atoms in total. The van der Waals surface area contributed by atoms with Crippen molar-refractivity contribution in [2.75, 3.05) is 31.1 Å². The van der Waals surface area contributed by atoms with Gasteiger partial charge in [0, 0.05) is 19.1 Å². The molecule has 0 radical (unpaired) electrons. The molecule has 2 heterocycles. The second kappa shape index (κ2) is 7.56. The maximum Gasteiger partial charge on any atom is 0.324 e. The minimum absolute atomic E-state index is 0.0147. The number of nitrogens with one attached hydrogen (secondary N) is 1. The number of ether oxygens (including phenoxy) is 1. The average Bonchev–Trinajstić information content (AvgIpc) is 3.20. The van der Waals surface area contributed by atoms with Crippen LogP contribution in [-0.4, -0.2) is 49.1 Å². The van der Waals surface area contributed by atoms with Gasteiger partial charge >= 0.3 is 6.03 Å². The van der Waals surface area contributed by atoms with Crippen LogP contribution in [-0.2, 0) is 4.79 Å². The van der Waals surface area contributed by atoms with Crippen molar-refractivity contribution in [3.8, 4) is 5.75 Å². The summed E-state index contributed by atoms with van der Waals surface area (Å²) >= 11 is 0. The fourth-order valence-electron chi connectivity index (χ4n) is 4.29. The Bertz CT molecular complexity index is 672. The van der Waals surface area contributed by atoms with E-state index in [1.165, 1.54) is 12.8 Å². The van der Waals surface area contributed by atoms with Crippen LogP contribution in [0.1, 0.15) is 38.5 Å². The Morgan fingerprint density at radius 3 is 2.69 bits per heavy atom. The van der Waals surface area contributed by atoms with Crippen LogP contribution >= 0.6 is 0 Å². The number of anilines is 1. The number of fused-ring (bicyclic) bond motifs is 1. The summed E-state index contributed by atoms with van der Waals surface area (Å²) in [6.45, 7) is 2.27. The molecule has 1 aromatic rings. The van der Waals surface area contributed by atoms with E-state index in [0.29, 0.717) is 32.3 Å². The summed E-state index contributed by atoms with van der Waals surface area (Å²) < 4.78 is 5.65. The summed E-state index contributed by atoms with van der Waals surface area (Å²) in [5, 5.41) is 3.19. The molecule has 2 fully saturated rings. The maximum absolute atomic E-state index is 13.1. The van der Waals surface area contributed by atoms with Gasteiger partial charge in [-0.1, -0.05) is 25.0 Å². The number of rotatable bonds is 2. The quantitative estimate of drug-likeness (QED) is 0.885. The number of hydrogen-bond donors (Lipinski definition) is 1. The highest BCUT2D eigenvalue weighted by Gasteiger charge is 2.33. The summed E-state index contributed by atoms with van der Waals surface area (Å²) in [5.74, 6) is 0.779. The van der Waals surface area contributed by atoms with Crippen LogP contribution in [0.5, 0.6) is 5.75 Å². The molecule has 6 heteroatoms. The molecule has 4 rings (SSSR count). The van der Waals surface area contributed by atoms with Crippen molar-refractivity contribution >= 4 is 17.6 Å². The predicted molar refractivity (Wildman–Crippen MR) is 99.4 cm³/mol. The van der Waals surface area contributed by atoms with Gasteiger partial charge in [0.25, 0.3) is 0 Å². The highest BCUT2D eigenvalue weighted by Crippen LogP contribution is 2.32. The van der Waals surface area contributed by atoms with E-state index in [0.717, 1.165) is 37.1 Å². The van der Waals surface area contributed by atoms with Crippen molar-refractivity contribution in [2.24, 2.45) is 5.92 Å². The molecule has 3 amide bonds. The molecule has 1 atom stereocenters. The molecule has 1 N–H and O–H groups in total. The van der Waals surface area contributed by atoms with Gasteiger partial charge in [0.1, 0.15) is 12.4 Å². The molecular formula is C20H27N3O3. The number of para-hydroxylation sites is 2. The first-order valence-corrected chi connectivity index (χ1v) is 9.81. The monoisotopic (exact) mass is 357 g/mol. The number of piperidine rings is 1. The largest absolute Gasteiger partial charge is 0.490 e. The molecule has 26 heavy (non-hydrogen) atoms. The Kier molecular flexibility index (Phi) is 5.00. The molecule has 0 aromatic heterocycles. The Labute approximate surface area is 154 Å². The normalized spacial score (nSPS) is 23.3. The standard InChI is InChI=1S/C20H27N3O3/c24-19(21-16-7-1-2-8-16)15-6-5-11-22(14-15)20(25)23-12-13-26-18-10-4-3-9-17(18)23/h3-4,9-10,15-16H,1-2,5-8,11-14H2,(H,21,24). The summed E-state index contributed by atoms with van der Waals surface area (Å²) in [4.78, 5) is 29.3. The van der Waals surface area contributed by atoms with Crippen LogP contribution in [0.25, 0.3) is 0 Å². The zero-order valence-electron chi connectivity index (χ0n) is 15.2. The molecular weight excluding hydrogens is 330 g/mol. The fourth-order valence-corrected chi connectivity index (χ4v) is 4.29. The van der Waals surface area contributed by atoms with Gasteiger partial charge in [0.05, 0.1) is 18.2 Å². The zero-order chi connectivity index (χ0) is 17.9. The summed E-state index contributed by atoms with van der Waals surface area (Å²) in [6.07, 6.45) is 6.33. The van der Waals surface area contributed by atoms with Crippen molar-refractivity contribution in [3.63, 3.8) is 0 Å². The summed E-state index contributed by atoms with van der Waals surface area (Å²) in [6, 6.07) is 7.96. The second-order valence-electron chi connectivity index (χ2n) is 7.53. The number of carbonyl (C=O) groups excluding carboxylic acids is 2. The Morgan fingerprint density at radius 1 is 1.04 bits per heavy atom. The van der Waals surface area contributed by atoms with Crippen molar-refractivity contribution in [1.82, 2.24) is 10.2 Å². The number of urea groups is 1. The SMILES string of the molecule is O=C(NC1CCCC1)C1CCCN(C(=O)N2CCOc3ccccc32)C1. The van der Waals surface area contributed by atoms with Gasteiger partial charge in [-0.05, 0) is 37.8 Å². The van der Waals surface area contributed by atoms with Crippen LogP contribution in [0.3, 0.4) is 0 Å². The highest BCUT2D eigenvalue weighted by molar-refractivity contribution is 5.94. The third-order valence-electron chi connectivity index (χ3n) is 5.72. The van der Waals surface area contributed by atoms with Gasteiger partial charge in [-0.2, -0.15) is 0 Å². The highest BCUT2D eigenvalue weighted by atomic mass is 16.5. The van der Waals surface area contributed by atoms with Crippen LogP contribution in [0.4, 0.5) is 10.5 Å². The van der Waals surface area contributed by atoms with E-state index in [4.69, 9.17) is 4.74 Å². The van der Waals surface area contributed by atoms with Gasteiger partial charge in [-0.3, -0.25) is 9.69 Å². The van der Waals surface area contributed by atoms with Crippen molar-refractivity contribution in [1.29, 1.82) is 0 Å². The fraction of sp³-hybridized carbons (Fsp3) is 0.600. The van der Waals surface area contributed by atoms with Crippen LogP contribution in [0.15, 0.2) is 24.3 Å². The minimum atomic E-state index is -0.0930. The molecule has 1 aliphatic carbocycles. The number of nitrogens with zero attached hydrogens (tertiary/aromatic N) is 2. The van der Waals surface area contributed by atoms with E-state index in [2.05, 4.69) is 5.32 Å². The third-order valence-corrected chi connectivity index (χ3v) is 5.72. The molecule has 1 unspecified atom stereocenters. The summed E-state index contributed by atoms with van der Waals surface area (Å²) in [7, 11) is 0. The van der Waals surface area contributed by atoms with Gasteiger partial charge in [0.15, 0.2) is 0 Å². The topological polar surface area (TPSA) is 61.9 Å². The van der Waals surface area contributed by atoms with E-state index in [9.17, 15) is 9.59 Å². The molecule has 140 valence electrons. The number of benzene rings is 1. The lowest BCUT2D eigenvalue weighted by atomic mass is 9.97. The molecule has 0 bridgehead atoms. The predicted octanol–water partition coefficient (Wildman–Crippen LogP) is 2.78. The molecule has 1 aromatic carbocycles. The first-order chi connectivity index (χ1) is 12.7. The van der Waals surface area contributed by atoms with Crippen LogP contribution < -0.4 is 15.0 Å². The molecule has 1 saturated carbocycles. The van der Waals surface area contributed by atoms with E-state index < -0.39 is 0 Å². The second-order valence-corrected chi connectivity index (χ2v) is 7.53. The molecule has 2 aliphatic heterocycles.